The molecule has 2 fully saturated rings. The molecule has 244 valence electrons. The van der Waals surface area contributed by atoms with E-state index < -0.39 is 0 Å². The van der Waals surface area contributed by atoms with Crippen LogP contribution in [0, 0.1) is 23.7 Å². The number of aromatic nitrogens is 1. The summed E-state index contributed by atoms with van der Waals surface area (Å²) in [6, 6.07) is 13.5. The van der Waals surface area contributed by atoms with Crippen LogP contribution in [0.15, 0.2) is 42.5 Å². The maximum absolute atomic E-state index is 13.8. The van der Waals surface area contributed by atoms with Crippen LogP contribution in [0.4, 0.5) is 0 Å². The van der Waals surface area contributed by atoms with Crippen molar-refractivity contribution in [3.8, 4) is 11.6 Å². The van der Waals surface area contributed by atoms with Gasteiger partial charge in [0.15, 0.2) is 0 Å². The van der Waals surface area contributed by atoms with Crippen LogP contribution in [0.3, 0.4) is 0 Å². The Hall–Kier alpha value is -3.66. The van der Waals surface area contributed by atoms with Gasteiger partial charge in [-0.05, 0) is 93.5 Å². The zero-order valence-electron chi connectivity index (χ0n) is 27.0. The molecule has 0 aliphatic carbocycles. The van der Waals surface area contributed by atoms with Gasteiger partial charge in [0.1, 0.15) is 11.4 Å². The first-order chi connectivity index (χ1) is 21.8. The average Bonchev–Trinajstić information content (AvgIpc) is 3.02. The van der Waals surface area contributed by atoms with Crippen LogP contribution >= 0.6 is 0 Å². The number of nitrogens with zero attached hydrogens (tertiary/aromatic N) is 3. The largest absolute Gasteiger partial charge is 0.497 e. The summed E-state index contributed by atoms with van der Waals surface area (Å²) in [5, 5.41) is 6.09. The third kappa shape index (κ3) is 9.19. The van der Waals surface area contributed by atoms with E-state index >= 15 is 0 Å². The molecule has 2 N–H and O–H groups in total. The number of carbonyl (C=O) groups excluding carboxylic acids is 3. The maximum Gasteiger partial charge on any atom is 0.270 e. The topological polar surface area (TPSA) is 113 Å². The molecule has 4 atom stereocenters. The number of methoxy groups -OCH3 is 1. The maximum atomic E-state index is 13.8. The van der Waals surface area contributed by atoms with E-state index in [1.807, 2.05) is 30.9 Å². The van der Waals surface area contributed by atoms with Gasteiger partial charge in [-0.1, -0.05) is 18.2 Å². The van der Waals surface area contributed by atoms with E-state index in [9.17, 15) is 14.4 Å². The van der Waals surface area contributed by atoms with Crippen LogP contribution < -0.4 is 20.1 Å². The molecule has 45 heavy (non-hydrogen) atoms. The van der Waals surface area contributed by atoms with Gasteiger partial charge in [0.2, 0.25) is 17.7 Å². The first-order valence-electron chi connectivity index (χ1n) is 16.6. The van der Waals surface area contributed by atoms with E-state index in [1.54, 1.807) is 25.3 Å². The van der Waals surface area contributed by atoms with Crippen molar-refractivity contribution < 1.29 is 23.9 Å². The smallest absolute Gasteiger partial charge is 0.270 e. The summed E-state index contributed by atoms with van der Waals surface area (Å²) in [5.41, 5.74) is 1.56. The quantitative estimate of drug-likeness (QED) is 0.505. The molecule has 2 aromatic rings. The van der Waals surface area contributed by atoms with E-state index in [4.69, 9.17) is 9.47 Å². The molecule has 2 saturated heterocycles. The second kappa shape index (κ2) is 15.6. The van der Waals surface area contributed by atoms with Crippen LogP contribution in [-0.2, 0) is 16.1 Å². The standard InChI is InChI=1S/C35H49N5O5/c1-24(2)37-32(41)19-26-13-17-40-23-29(26)14-18-45-33-6-4-5-31(38-33)35(43)36-15-11-28-22-39(16-12-27(28)20-34(40)42)21-25-7-9-30(44-3)10-8-25/h4-10,24,26-29H,11-23H2,1-3H3,(H,36,43)(H,37,41)/t26-,27-,28-,29-/m0/s1. The minimum absolute atomic E-state index is 0.0590. The molecular weight excluding hydrogens is 570 g/mol. The lowest BCUT2D eigenvalue weighted by Gasteiger charge is -2.41. The van der Waals surface area contributed by atoms with Gasteiger partial charge < -0.3 is 25.0 Å². The molecule has 0 spiro atoms. The lowest BCUT2D eigenvalue weighted by Crippen LogP contribution is -2.47. The van der Waals surface area contributed by atoms with E-state index in [-0.39, 0.29) is 47.4 Å². The molecule has 0 unspecified atom stereocenters. The highest BCUT2D eigenvalue weighted by atomic mass is 16.5. The van der Waals surface area contributed by atoms with E-state index in [0.717, 1.165) is 44.6 Å². The molecule has 3 aliphatic rings. The predicted molar refractivity (Wildman–Crippen MR) is 172 cm³/mol. The number of piperidine rings is 2. The fourth-order valence-electron chi connectivity index (χ4n) is 7.16. The fourth-order valence-corrected chi connectivity index (χ4v) is 7.16. The summed E-state index contributed by atoms with van der Waals surface area (Å²) in [6.45, 7) is 8.81. The minimum atomic E-state index is -0.221. The molecule has 0 saturated carbocycles. The summed E-state index contributed by atoms with van der Waals surface area (Å²) in [4.78, 5) is 48.5. The van der Waals surface area contributed by atoms with Crippen molar-refractivity contribution >= 4 is 17.7 Å². The Morgan fingerprint density at radius 1 is 1.02 bits per heavy atom. The van der Waals surface area contributed by atoms with Crippen LogP contribution in [-0.4, -0.2) is 85.0 Å². The normalized spacial score (nSPS) is 25.0. The van der Waals surface area contributed by atoms with E-state index in [2.05, 4.69) is 32.7 Å². The number of ether oxygens (including phenoxy) is 2. The highest BCUT2D eigenvalue weighted by Crippen LogP contribution is 2.34. The van der Waals surface area contributed by atoms with Crippen molar-refractivity contribution in [2.45, 2.75) is 65.0 Å². The SMILES string of the molecule is COc1ccc(CN2CC[C@H]3CC(=O)N4CC[C@@H](CC(=O)NC(C)C)[C@@H](CCOc5cccc(n5)C(=O)NCC[C@H]3C2)C4)cc1. The van der Waals surface area contributed by atoms with Crippen LogP contribution in [0.5, 0.6) is 11.6 Å². The third-order valence-electron chi connectivity index (χ3n) is 9.61. The van der Waals surface area contributed by atoms with Crippen molar-refractivity contribution in [2.24, 2.45) is 23.7 Å². The molecule has 3 amide bonds. The summed E-state index contributed by atoms with van der Waals surface area (Å²) >= 11 is 0. The lowest BCUT2D eigenvalue weighted by atomic mass is 9.79. The van der Waals surface area contributed by atoms with Crippen LogP contribution in [0.1, 0.15) is 68.4 Å². The van der Waals surface area contributed by atoms with Gasteiger partial charge in [0.05, 0.1) is 13.7 Å². The van der Waals surface area contributed by atoms with Gasteiger partial charge in [0.25, 0.3) is 5.91 Å². The number of hydrogen-bond acceptors (Lipinski definition) is 7. The molecule has 4 heterocycles. The van der Waals surface area contributed by atoms with Gasteiger partial charge >= 0.3 is 0 Å². The van der Waals surface area contributed by atoms with Crippen molar-refractivity contribution in [1.82, 2.24) is 25.4 Å². The second-order valence-electron chi connectivity index (χ2n) is 13.2. The van der Waals surface area contributed by atoms with Crippen molar-refractivity contribution in [3.05, 3.63) is 53.7 Å². The number of hydrogen-bond donors (Lipinski definition) is 2. The lowest BCUT2D eigenvalue weighted by molar-refractivity contribution is -0.136. The zero-order valence-corrected chi connectivity index (χ0v) is 27.0. The number of fused-ring (bicyclic) bond motifs is 5. The number of amides is 3. The Kier molecular flexibility index (Phi) is 11.3. The minimum Gasteiger partial charge on any atom is -0.497 e. The van der Waals surface area contributed by atoms with Gasteiger partial charge in [-0.2, -0.15) is 0 Å². The summed E-state index contributed by atoms with van der Waals surface area (Å²) in [5.74, 6) is 2.13. The van der Waals surface area contributed by atoms with Gasteiger partial charge in [-0.3, -0.25) is 19.3 Å². The summed E-state index contributed by atoms with van der Waals surface area (Å²) in [7, 11) is 1.67. The first-order valence-corrected chi connectivity index (χ1v) is 16.6. The average molecular weight is 620 g/mol. The Balaban J connectivity index is 1.31. The van der Waals surface area contributed by atoms with Crippen LogP contribution in [0.25, 0.3) is 0 Å². The molecule has 10 nitrogen and oxygen atoms in total. The molecule has 1 aromatic heterocycles. The predicted octanol–water partition coefficient (Wildman–Crippen LogP) is 3.90. The Morgan fingerprint density at radius 3 is 2.62 bits per heavy atom. The number of carbonyl (C=O) groups is 3. The highest BCUT2D eigenvalue weighted by molar-refractivity contribution is 5.92. The molecule has 1 aromatic carbocycles. The molecule has 10 heteroatoms. The number of nitrogens with one attached hydrogen (secondary N) is 2. The number of pyridine rings is 1. The number of likely N-dealkylation sites (tertiary alicyclic amines) is 1. The van der Waals surface area contributed by atoms with Gasteiger partial charge in [-0.15, -0.1) is 0 Å². The summed E-state index contributed by atoms with van der Waals surface area (Å²) in [6.07, 6.45) is 4.19. The molecular formula is C35H49N5O5. The number of benzene rings is 1. The number of rotatable bonds is 6. The Morgan fingerprint density at radius 2 is 1.84 bits per heavy atom. The zero-order chi connectivity index (χ0) is 31.8. The molecule has 3 aliphatic heterocycles. The van der Waals surface area contributed by atoms with Gasteiger partial charge in [0, 0.05) is 57.7 Å². The summed E-state index contributed by atoms with van der Waals surface area (Å²) < 4.78 is 11.3. The molecule has 5 rings (SSSR count). The second-order valence-corrected chi connectivity index (χ2v) is 13.2. The van der Waals surface area contributed by atoms with E-state index in [1.165, 1.54) is 5.56 Å². The van der Waals surface area contributed by atoms with E-state index in [0.29, 0.717) is 57.1 Å². The van der Waals surface area contributed by atoms with Gasteiger partial charge in [-0.25, -0.2) is 4.98 Å². The van der Waals surface area contributed by atoms with Crippen molar-refractivity contribution in [3.63, 3.8) is 0 Å². The highest BCUT2D eigenvalue weighted by Gasteiger charge is 2.36. The third-order valence-corrected chi connectivity index (χ3v) is 9.61. The Bertz CT molecular complexity index is 1300. The van der Waals surface area contributed by atoms with Crippen LogP contribution in [0.2, 0.25) is 0 Å². The van der Waals surface area contributed by atoms with Crippen molar-refractivity contribution in [1.29, 1.82) is 0 Å². The monoisotopic (exact) mass is 619 g/mol. The molecule has 0 radical (unpaired) electrons. The van der Waals surface area contributed by atoms with Crippen molar-refractivity contribution in [2.75, 3.05) is 46.4 Å². The Labute approximate surface area is 267 Å². The fraction of sp³-hybridized carbons (Fsp3) is 0.600. The molecule has 4 bridgehead atoms. The first kappa shape index (κ1) is 32.7.